The van der Waals surface area contributed by atoms with Gasteiger partial charge in [0.2, 0.25) is 0 Å². The number of H-pyrrole nitrogens is 1. The minimum atomic E-state index is -0.513. The molecule has 0 saturated carbocycles. The number of methoxy groups -OCH3 is 1. The van der Waals surface area contributed by atoms with Gasteiger partial charge in [0.1, 0.15) is 5.69 Å². The Morgan fingerprint density at radius 3 is 2.58 bits per heavy atom. The number of nitrogens with one attached hydrogen (secondary N) is 1. The molecule has 0 unspecified atom stereocenters. The van der Waals surface area contributed by atoms with Crippen molar-refractivity contribution in [1.82, 2.24) is 9.55 Å². The van der Waals surface area contributed by atoms with Crippen LogP contribution >= 0.6 is 0 Å². The first kappa shape index (κ1) is 13.1. The summed E-state index contributed by atoms with van der Waals surface area (Å²) in [6, 6.07) is 9.64. The maximum Gasteiger partial charge on any atom is 0.356 e. The highest BCUT2D eigenvalue weighted by molar-refractivity contribution is 5.88. The quantitative estimate of drug-likeness (QED) is 0.849. The van der Waals surface area contributed by atoms with Crippen molar-refractivity contribution in [2.75, 3.05) is 7.11 Å². The van der Waals surface area contributed by atoms with Crippen molar-refractivity contribution in [3.63, 3.8) is 0 Å². The van der Waals surface area contributed by atoms with Gasteiger partial charge in [0, 0.05) is 0 Å². The van der Waals surface area contributed by atoms with Gasteiger partial charge in [-0.1, -0.05) is 37.3 Å². The molecule has 0 radical (unpaired) electrons. The van der Waals surface area contributed by atoms with E-state index >= 15 is 0 Å². The van der Waals surface area contributed by atoms with Crippen molar-refractivity contribution in [1.29, 1.82) is 0 Å². The van der Waals surface area contributed by atoms with Crippen molar-refractivity contribution >= 4 is 5.97 Å². The molecule has 1 aromatic heterocycles. The first-order chi connectivity index (χ1) is 9.17. The Kier molecular flexibility index (Phi) is 3.85. The molecule has 0 atom stereocenters. The minimum absolute atomic E-state index is 0.242. The molecule has 0 saturated heterocycles. The second kappa shape index (κ2) is 5.56. The van der Waals surface area contributed by atoms with Gasteiger partial charge in [-0.15, -0.1) is 0 Å². The molecule has 0 bridgehead atoms. The highest BCUT2D eigenvalue weighted by Gasteiger charge is 2.19. The van der Waals surface area contributed by atoms with Crippen LogP contribution in [0.3, 0.4) is 0 Å². The highest BCUT2D eigenvalue weighted by atomic mass is 16.5. The number of carbonyl (C=O) groups is 1. The van der Waals surface area contributed by atoms with Crippen molar-refractivity contribution in [2.24, 2.45) is 0 Å². The molecule has 0 fully saturated rings. The fraction of sp³-hybridized carbons (Fsp3) is 0.286. The molecule has 0 spiro atoms. The van der Waals surface area contributed by atoms with Crippen LogP contribution in [0.25, 0.3) is 0 Å². The van der Waals surface area contributed by atoms with Crippen LogP contribution in [-0.2, 0) is 17.7 Å². The van der Waals surface area contributed by atoms with E-state index in [9.17, 15) is 9.59 Å². The highest BCUT2D eigenvalue weighted by Crippen LogP contribution is 2.10. The van der Waals surface area contributed by atoms with E-state index in [-0.39, 0.29) is 11.4 Å². The summed E-state index contributed by atoms with van der Waals surface area (Å²) in [6.45, 7) is 2.34. The number of aromatic nitrogens is 2. The van der Waals surface area contributed by atoms with Gasteiger partial charge in [-0.05, 0) is 12.0 Å². The summed E-state index contributed by atoms with van der Waals surface area (Å²) in [6.07, 6.45) is 0.579. The Morgan fingerprint density at radius 2 is 2.00 bits per heavy atom. The predicted octanol–water partition coefficient (Wildman–Crippen LogP) is 1.57. The van der Waals surface area contributed by atoms with E-state index in [0.717, 1.165) is 5.56 Å². The van der Waals surface area contributed by atoms with E-state index in [1.165, 1.54) is 7.11 Å². The number of nitrogens with zero attached hydrogens (tertiary/aromatic N) is 1. The Balaban J connectivity index is 2.43. The number of aromatic amines is 1. The summed E-state index contributed by atoms with van der Waals surface area (Å²) in [5, 5.41) is 0. The third-order valence-electron chi connectivity index (χ3n) is 3.00. The Bertz CT molecular complexity index is 626. The zero-order valence-electron chi connectivity index (χ0n) is 11.0. The van der Waals surface area contributed by atoms with Crippen molar-refractivity contribution in [3.05, 3.63) is 57.8 Å². The molecule has 0 aliphatic carbocycles. The molecule has 0 aliphatic rings. The van der Waals surface area contributed by atoms with Crippen molar-refractivity contribution < 1.29 is 9.53 Å². The number of hydrogen-bond donors (Lipinski definition) is 1. The van der Waals surface area contributed by atoms with E-state index in [4.69, 9.17) is 0 Å². The van der Waals surface area contributed by atoms with Gasteiger partial charge in [0.15, 0.2) is 0 Å². The van der Waals surface area contributed by atoms with Crippen LogP contribution in [0.15, 0.2) is 35.1 Å². The zero-order valence-corrected chi connectivity index (χ0v) is 11.0. The van der Waals surface area contributed by atoms with Gasteiger partial charge in [0.25, 0.3) is 0 Å². The van der Waals surface area contributed by atoms with Crippen LogP contribution in [0, 0.1) is 0 Å². The summed E-state index contributed by atoms with van der Waals surface area (Å²) in [7, 11) is 1.30. The maximum absolute atomic E-state index is 11.9. The SMILES string of the molecule is CCc1c(C(=O)OC)[nH]c(=O)n1Cc1ccccc1. The molecule has 100 valence electrons. The lowest BCUT2D eigenvalue weighted by Gasteiger charge is -2.07. The van der Waals surface area contributed by atoms with Crippen LogP contribution in [-0.4, -0.2) is 22.6 Å². The van der Waals surface area contributed by atoms with E-state index in [2.05, 4.69) is 9.72 Å². The van der Waals surface area contributed by atoms with Crippen molar-refractivity contribution in [3.8, 4) is 0 Å². The smallest absolute Gasteiger partial charge is 0.356 e. The second-order valence-electron chi connectivity index (χ2n) is 4.17. The zero-order chi connectivity index (χ0) is 13.8. The molecule has 0 amide bonds. The van der Waals surface area contributed by atoms with Crippen LogP contribution in [0.1, 0.15) is 28.7 Å². The summed E-state index contributed by atoms with van der Waals surface area (Å²) in [4.78, 5) is 26.1. The molecule has 1 aromatic carbocycles. The summed E-state index contributed by atoms with van der Waals surface area (Å²) < 4.78 is 6.25. The van der Waals surface area contributed by atoms with E-state index < -0.39 is 5.97 Å². The minimum Gasteiger partial charge on any atom is -0.464 e. The monoisotopic (exact) mass is 260 g/mol. The number of ether oxygens (including phenoxy) is 1. The maximum atomic E-state index is 11.9. The lowest BCUT2D eigenvalue weighted by molar-refractivity contribution is 0.0593. The fourth-order valence-corrected chi connectivity index (χ4v) is 2.08. The number of imidazole rings is 1. The topological polar surface area (TPSA) is 64.1 Å². The van der Waals surface area contributed by atoms with Crippen LogP contribution in [0.4, 0.5) is 0 Å². The number of carbonyl (C=O) groups excluding carboxylic acids is 1. The van der Waals surface area contributed by atoms with E-state index in [1.807, 2.05) is 37.3 Å². The second-order valence-corrected chi connectivity index (χ2v) is 4.17. The lowest BCUT2D eigenvalue weighted by Crippen LogP contribution is -2.19. The summed E-state index contributed by atoms with van der Waals surface area (Å²) in [5.74, 6) is -0.513. The fourth-order valence-electron chi connectivity index (χ4n) is 2.08. The van der Waals surface area contributed by atoms with E-state index in [1.54, 1.807) is 4.57 Å². The van der Waals surface area contributed by atoms with E-state index in [0.29, 0.717) is 18.7 Å². The van der Waals surface area contributed by atoms with Crippen LogP contribution in [0.2, 0.25) is 0 Å². The Hall–Kier alpha value is -2.30. The van der Waals surface area contributed by atoms with Crippen molar-refractivity contribution in [2.45, 2.75) is 19.9 Å². The first-order valence-corrected chi connectivity index (χ1v) is 6.11. The normalized spacial score (nSPS) is 10.4. The molecule has 5 nitrogen and oxygen atoms in total. The first-order valence-electron chi connectivity index (χ1n) is 6.11. The number of benzene rings is 1. The third-order valence-corrected chi connectivity index (χ3v) is 3.00. The molecule has 0 aliphatic heterocycles. The predicted molar refractivity (Wildman–Crippen MR) is 71.3 cm³/mol. The Morgan fingerprint density at radius 1 is 1.32 bits per heavy atom. The molecule has 5 heteroatoms. The average molecular weight is 260 g/mol. The number of esters is 1. The summed E-state index contributed by atoms with van der Waals surface area (Å²) >= 11 is 0. The van der Waals surface area contributed by atoms with Gasteiger partial charge in [-0.25, -0.2) is 9.59 Å². The van der Waals surface area contributed by atoms with Gasteiger partial charge in [-0.2, -0.15) is 0 Å². The lowest BCUT2D eigenvalue weighted by atomic mass is 10.2. The number of hydrogen-bond acceptors (Lipinski definition) is 3. The molecule has 2 rings (SSSR count). The number of rotatable bonds is 4. The van der Waals surface area contributed by atoms with Gasteiger partial charge < -0.3 is 4.74 Å². The Labute approximate surface area is 110 Å². The standard InChI is InChI=1S/C14H16N2O3/c1-3-11-12(13(17)19-2)15-14(18)16(11)9-10-7-5-4-6-8-10/h4-8H,3,9H2,1-2H3,(H,15,18). The average Bonchev–Trinajstić information content (AvgIpc) is 2.76. The molecular weight excluding hydrogens is 244 g/mol. The van der Waals surface area contributed by atoms with Crippen LogP contribution in [0.5, 0.6) is 0 Å². The third kappa shape index (κ3) is 2.59. The van der Waals surface area contributed by atoms with Gasteiger partial charge in [0.05, 0.1) is 19.3 Å². The summed E-state index contributed by atoms with van der Waals surface area (Å²) in [5.41, 5.74) is 1.63. The molecular formula is C14H16N2O3. The van der Waals surface area contributed by atoms with Gasteiger partial charge >= 0.3 is 11.7 Å². The molecule has 1 N–H and O–H groups in total. The molecule has 2 aromatic rings. The van der Waals surface area contributed by atoms with Crippen LogP contribution < -0.4 is 5.69 Å². The van der Waals surface area contributed by atoms with Gasteiger partial charge in [-0.3, -0.25) is 9.55 Å². The molecule has 1 heterocycles. The molecule has 19 heavy (non-hydrogen) atoms. The largest absolute Gasteiger partial charge is 0.464 e.